The van der Waals surface area contributed by atoms with Gasteiger partial charge in [0.25, 0.3) is 5.91 Å². The van der Waals surface area contributed by atoms with Crippen molar-refractivity contribution in [3.8, 4) is 0 Å². The molecule has 2 amide bonds. The maximum Gasteiger partial charge on any atom is 0.353 e. The van der Waals surface area contributed by atoms with Crippen LogP contribution >= 0.6 is 23.5 Å². The molecule has 4 heterocycles. The lowest BCUT2D eigenvalue weighted by Crippen LogP contribution is -2.70. The number of β-lactam (4-membered cyclic amide) rings is 1. The van der Waals surface area contributed by atoms with Crippen LogP contribution in [0.2, 0.25) is 0 Å². The number of carboxylic acid groups (broad SMARTS) is 1. The van der Waals surface area contributed by atoms with Crippen molar-refractivity contribution in [2.45, 2.75) is 23.0 Å². The summed E-state index contributed by atoms with van der Waals surface area (Å²) in [6, 6.07) is 2.57. The number of hydrogen-bond donors (Lipinski definition) is 2. The Labute approximate surface area is 166 Å². The van der Waals surface area contributed by atoms with E-state index in [1.807, 2.05) is 0 Å². The van der Waals surface area contributed by atoms with Crippen molar-refractivity contribution in [2.75, 3.05) is 5.75 Å². The molecule has 13 heteroatoms. The van der Waals surface area contributed by atoms with Crippen LogP contribution in [0.25, 0.3) is 0 Å². The minimum absolute atomic E-state index is 0.00997. The molecule has 0 saturated carbocycles. The molecule has 2 N–H and O–H groups in total. The summed E-state index contributed by atoms with van der Waals surface area (Å²) in [5.41, 5.74) is -0.0988. The van der Waals surface area contributed by atoms with Crippen molar-refractivity contribution >= 4 is 41.3 Å². The number of rotatable bonds is 6. The summed E-state index contributed by atoms with van der Waals surface area (Å²) in [5.74, 6) is -1.19. The van der Waals surface area contributed by atoms with Gasteiger partial charge in [-0.2, -0.15) is 0 Å². The number of furan rings is 1. The molecule has 2 aliphatic rings. The van der Waals surface area contributed by atoms with Crippen LogP contribution in [-0.4, -0.2) is 65.2 Å². The standard InChI is InChI=1S/C15H14N6O5S2/c1-20-15(17-18-19-20)28-8-6-27-13-10(12(23)21(13)11(8)14(24)25)16-9(22)5-7-3-2-4-26-7/h2-4,10,13H,5-6H2,1H3,(H,16,22)(H,24,25)/t10?,13-/m0/s1. The van der Waals surface area contributed by atoms with E-state index in [1.165, 1.54) is 27.6 Å². The number of thioether (sulfide) groups is 2. The zero-order chi connectivity index (χ0) is 19.8. The number of nitrogens with zero attached hydrogens (tertiary/aromatic N) is 5. The molecule has 0 aliphatic carbocycles. The Kier molecular flexibility index (Phi) is 4.85. The highest BCUT2D eigenvalue weighted by Gasteiger charge is 2.54. The number of fused-ring (bicyclic) bond motifs is 1. The van der Waals surface area contributed by atoms with Gasteiger partial charge in [-0.3, -0.25) is 14.5 Å². The summed E-state index contributed by atoms with van der Waals surface area (Å²) in [4.78, 5) is 38.2. The Morgan fingerprint density at radius 2 is 2.32 bits per heavy atom. The van der Waals surface area contributed by atoms with Crippen LogP contribution in [0.15, 0.2) is 38.6 Å². The highest BCUT2D eigenvalue weighted by Crippen LogP contribution is 2.44. The second-order valence-corrected chi connectivity index (χ2v) is 8.14. The summed E-state index contributed by atoms with van der Waals surface area (Å²) in [6.07, 6.45) is 1.47. The lowest BCUT2D eigenvalue weighted by atomic mass is 10.0. The third-order valence-electron chi connectivity index (χ3n) is 4.16. The van der Waals surface area contributed by atoms with E-state index in [0.717, 1.165) is 11.8 Å². The molecule has 2 aromatic heterocycles. The quantitative estimate of drug-likeness (QED) is 0.602. The molecule has 0 bridgehead atoms. The molecule has 4 rings (SSSR count). The van der Waals surface area contributed by atoms with Crippen molar-refractivity contribution in [1.29, 1.82) is 0 Å². The summed E-state index contributed by atoms with van der Waals surface area (Å²) in [6.45, 7) is 0. The molecule has 28 heavy (non-hydrogen) atoms. The Hall–Kier alpha value is -2.80. The van der Waals surface area contributed by atoms with Crippen LogP contribution < -0.4 is 5.32 Å². The first kappa shape index (κ1) is 18.6. The van der Waals surface area contributed by atoms with Gasteiger partial charge in [0.05, 0.1) is 12.7 Å². The van der Waals surface area contributed by atoms with Gasteiger partial charge in [-0.25, -0.2) is 9.48 Å². The zero-order valence-electron chi connectivity index (χ0n) is 14.4. The molecule has 2 atom stereocenters. The first-order valence-electron chi connectivity index (χ1n) is 8.08. The van der Waals surface area contributed by atoms with E-state index in [9.17, 15) is 19.5 Å². The van der Waals surface area contributed by atoms with Gasteiger partial charge in [0.2, 0.25) is 11.1 Å². The van der Waals surface area contributed by atoms with Crippen molar-refractivity contribution in [2.24, 2.45) is 7.05 Å². The van der Waals surface area contributed by atoms with Crippen LogP contribution in [0.5, 0.6) is 0 Å². The number of tetrazole rings is 1. The number of aromatic nitrogens is 4. The van der Waals surface area contributed by atoms with Gasteiger partial charge in [0.1, 0.15) is 22.9 Å². The molecule has 1 fully saturated rings. The SMILES string of the molecule is Cn1nnnc1SC1=C(C(=O)O)N2C(=O)C(NC(=O)Cc3ccco3)[C@@H]2SC1. The minimum Gasteiger partial charge on any atom is -0.477 e. The third-order valence-corrected chi connectivity index (χ3v) is 6.74. The average molecular weight is 422 g/mol. The predicted molar refractivity (Wildman–Crippen MR) is 96.8 cm³/mol. The molecular weight excluding hydrogens is 408 g/mol. The Balaban J connectivity index is 1.50. The van der Waals surface area contributed by atoms with E-state index >= 15 is 0 Å². The summed E-state index contributed by atoms with van der Waals surface area (Å²) < 4.78 is 6.55. The highest BCUT2D eigenvalue weighted by atomic mass is 32.2. The highest BCUT2D eigenvalue weighted by molar-refractivity contribution is 8.06. The number of carboxylic acids is 1. The van der Waals surface area contributed by atoms with E-state index in [2.05, 4.69) is 20.8 Å². The Bertz CT molecular complexity index is 971. The number of amides is 2. The zero-order valence-corrected chi connectivity index (χ0v) is 16.1. The second kappa shape index (κ2) is 7.31. The molecule has 0 aromatic carbocycles. The van der Waals surface area contributed by atoms with Gasteiger partial charge in [-0.15, -0.1) is 16.9 Å². The number of aliphatic carboxylic acids is 1. The number of hydrogen-bond acceptors (Lipinski definition) is 9. The monoisotopic (exact) mass is 422 g/mol. The van der Waals surface area contributed by atoms with Crippen LogP contribution in [0.4, 0.5) is 0 Å². The fourth-order valence-electron chi connectivity index (χ4n) is 2.88. The second-order valence-electron chi connectivity index (χ2n) is 5.98. The number of nitrogens with one attached hydrogen (secondary N) is 1. The van der Waals surface area contributed by atoms with E-state index in [-0.39, 0.29) is 18.0 Å². The fourth-order valence-corrected chi connectivity index (χ4v) is 5.27. The largest absolute Gasteiger partial charge is 0.477 e. The number of carbonyl (C=O) groups excluding carboxylic acids is 2. The smallest absolute Gasteiger partial charge is 0.353 e. The van der Waals surface area contributed by atoms with E-state index in [0.29, 0.717) is 21.6 Å². The molecular formula is C15H14N6O5S2. The van der Waals surface area contributed by atoms with Gasteiger partial charge in [0.15, 0.2) is 0 Å². The molecule has 146 valence electrons. The fraction of sp³-hybridized carbons (Fsp3) is 0.333. The van der Waals surface area contributed by atoms with Gasteiger partial charge in [-0.1, -0.05) is 0 Å². The summed E-state index contributed by atoms with van der Waals surface area (Å²) in [7, 11) is 1.64. The average Bonchev–Trinajstić information content (AvgIpc) is 3.31. The minimum atomic E-state index is -1.21. The topological polar surface area (TPSA) is 143 Å². The molecule has 0 radical (unpaired) electrons. The van der Waals surface area contributed by atoms with Crippen molar-refractivity contribution in [3.63, 3.8) is 0 Å². The predicted octanol–water partition coefficient (Wildman–Crippen LogP) is -0.166. The van der Waals surface area contributed by atoms with Crippen molar-refractivity contribution in [1.82, 2.24) is 30.4 Å². The molecule has 11 nitrogen and oxygen atoms in total. The van der Waals surface area contributed by atoms with Crippen molar-refractivity contribution < 1.29 is 23.9 Å². The molecule has 0 spiro atoms. The molecule has 1 saturated heterocycles. The summed E-state index contributed by atoms with van der Waals surface area (Å²) in [5, 5.41) is 23.3. The van der Waals surface area contributed by atoms with E-state index in [1.54, 1.807) is 19.2 Å². The number of aryl methyl sites for hydroxylation is 1. The third kappa shape index (κ3) is 3.26. The lowest BCUT2D eigenvalue weighted by molar-refractivity contribution is -0.150. The van der Waals surface area contributed by atoms with Crippen LogP contribution in [-0.2, 0) is 27.9 Å². The Morgan fingerprint density at radius 3 is 2.96 bits per heavy atom. The van der Waals surface area contributed by atoms with E-state index in [4.69, 9.17) is 4.42 Å². The maximum atomic E-state index is 12.6. The van der Waals surface area contributed by atoms with Gasteiger partial charge in [-0.05, 0) is 34.3 Å². The van der Waals surface area contributed by atoms with E-state index < -0.39 is 23.3 Å². The molecule has 2 aliphatic heterocycles. The molecule has 1 unspecified atom stereocenters. The maximum absolute atomic E-state index is 12.6. The van der Waals surface area contributed by atoms with Crippen LogP contribution in [0.3, 0.4) is 0 Å². The normalized spacial score (nSPS) is 21.3. The van der Waals surface area contributed by atoms with Crippen LogP contribution in [0.1, 0.15) is 5.76 Å². The first-order chi connectivity index (χ1) is 13.5. The lowest BCUT2D eigenvalue weighted by Gasteiger charge is -2.49. The first-order valence-corrected chi connectivity index (χ1v) is 9.95. The van der Waals surface area contributed by atoms with Crippen molar-refractivity contribution in [3.05, 3.63) is 34.8 Å². The van der Waals surface area contributed by atoms with Gasteiger partial charge < -0.3 is 14.8 Å². The molecule has 2 aromatic rings. The number of carbonyl (C=O) groups is 3. The van der Waals surface area contributed by atoms with Crippen LogP contribution in [0, 0.1) is 0 Å². The van der Waals surface area contributed by atoms with Gasteiger partial charge in [0, 0.05) is 17.7 Å². The summed E-state index contributed by atoms with van der Waals surface area (Å²) >= 11 is 2.48. The Morgan fingerprint density at radius 1 is 1.50 bits per heavy atom. The van der Waals surface area contributed by atoms with Gasteiger partial charge >= 0.3 is 5.97 Å².